The normalized spacial score (nSPS) is 10.3. The number of phenols is 1. The fourth-order valence-corrected chi connectivity index (χ4v) is 1.07. The Hall–Kier alpha value is -1.55. The van der Waals surface area contributed by atoms with Crippen molar-refractivity contribution in [2.24, 2.45) is 0 Å². The summed E-state index contributed by atoms with van der Waals surface area (Å²) in [6.07, 6.45) is 0.684. The Morgan fingerprint density at radius 1 is 1.47 bits per heavy atom. The number of ether oxygens (including phenoxy) is 1. The molecule has 4 heteroatoms. The molecule has 0 saturated carbocycles. The molecule has 0 aliphatic rings. The highest BCUT2D eigenvalue weighted by atomic mass is 16.5. The van der Waals surface area contributed by atoms with Crippen LogP contribution < -0.4 is 4.74 Å². The van der Waals surface area contributed by atoms with Crippen molar-refractivity contribution in [2.75, 3.05) is 27.2 Å². The molecule has 1 N–H and O–H groups in total. The molecule has 82 valence electrons. The Labute approximate surface area is 89.1 Å². The van der Waals surface area contributed by atoms with Gasteiger partial charge >= 0.3 is 0 Å². The molecule has 0 amide bonds. The first-order chi connectivity index (χ1) is 7.13. The summed E-state index contributed by atoms with van der Waals surface area (Å²) < 4.78 is 5.34. The predicted molar refractivity (Wildman–Crippen MR) is 57.5 cm³/mol. The van der Waals surface area contributed by atoms with E-state index in [1.807, 2.05) is 19.0 Å². The molecule has 1 aromatic carbocycles. The van der Waals surface area contributed by atoms with Crippen molar-refractivity contribution in [3.05, 3.63) is 23.8 Å². The number of likely N-dealkylation sites (N-methyl/N-ethyl adjacent to an activating group) is 1. The minimum atomic E-state index is -0.00152. The lowest BCUT2D eigenvalue weighted by atomic mass is 10.2. The maximum atomic E-state index is 10.4. The molecule has 0 aromatic heterocycles. The van der Waals surface area contributed by atoms with Gasteiger partial charge in [-0.15, -0.1) is 0 Å². The SMILES string of the molecule is CN(C)CCOc1ccc(C=O)cc1O. The van der Waals surface area contributed by atoms with Crippen LogP contribution in [0.2, 0.25) is 0 Å². The van der Waals surface area contributed by atoms with Crippen LogP contribution in [0.5, 0.6) is 11.5 Å². The smallest absolute Gasteiger partial charge is 0.161 e. The summed E-state index contributed by atoms with van der Waals surface area (Å²) in [5.41, 5.74) is 0.437. The topological polar surface area (TPSA) is 49.8 Å². The Bertz CT molecular complexity index is 337. The Balaban J connectivity index is 2.58. The first kappa shape index (κ1) is 11.5. The van der Waals surface area contributed by atoms with Crippen molar-refractivity contribution in [3.8, 4) is 11.5 Å². The highest BCUT2D eigenvalue weighted by Gasteiger charge is 2.03. The maximum Gasteiger partial charge on any atom is 0.161 e. The molecule has 1 aromatic rings. The zero-order valence-electron chi connectivity index (χ0n) is 8.93. The van der Waals surface area contributed by atoms with Gasteiger partial charge in [0.05, 0.1) is 0 Å². The van der Waals surface area contributed by atoms with E-state index in [4.69, 9.17) is 4.74 Å². The van der Waals surface area contributed by atoms with Crippen LogP contribution >= 0.6 is 0 Å². The third kappa shape index (κ3) is 3.59. The summed E-state index contributed by atoms with van der Waals surface area (Å²) in [7, 11) is 3.89. The third-order valence-corrected chi connectivity index (χ3v) is 1.92. The second kappa shape index (κ2) is 5.36. The maximum absolute atomic E-state index is 10.4. The largest absolute Gasteiger partial charge is 0.504 e. The van der Waals surface area contributed by atoms with Crippen LogP contribution in [0.15, 0.2) is 18.2 Å². The van der Waals surface area contributed by atoms with Gasteiger partial charge in [0.25, 0.3) is 0 Å². The van der Waals surface area contributed by atoms with Crippen molar-refractivity contribution in [2.45, 2.75) is 0 Å². The summed E-state index contributed by atoms with van der Waals surface area (Å²) in [6, 6.07) is 4.59. The molecule has 0 unspecified atom stereocenters. The number of hydrogen-bond donors (Lipinski definition) is 1. The van der Waals surface area contributed by atoms with Crippen molar-refractivity contribution in [3.63, 3.8) is 0 Å². The van der Waals surface area contributed by atoms with Crippen LogP contribution in [0.3, 0.4) is 0 Å². The van der Waals surface area contributed by atoms with Crippen LogP contribution in [0.4, 0.5) is 0 Å². The minimum absolute atomic E-state index is 0.00152. The highest BCUT2D eigenvalue weighted by Crippen LogP contribution is 2.25. The molecule has 0 aliphatic carbocycles. The molecule has 15 heavy (non-hydrogen) atoms. The van der Waals surface area contributed by atoms with Gasteiger partial charge in [0.1, 0.15) is 12.9 Å². The van der Waals surface area contributed by atoms with Crippen molar-refractivity contribution < 1.29 is 14.6 Å². The first-order valence-electron chi connectivity index (χ1n) is 4.69. The third-order valence-electron chi connectivity index (χ3n) is 1.92. The van der Waals surface area contributed by atoms with Crippen molar-refractivity contribution in [1.29, 1.82) is 0 Å². The number of rotatable bonds is 5. The first-order valence-corrected chi connectivity index (χ1v) is 4.69. The highest BCUT2D eigenvalue weighted by molar-refractivity contribution is 5.76. The number of nitrogens with zero attached hydrogens (tertiary/aromatic N) is 1. The summed E-state index contributed by atoms with van der Waals surface area (Å²) in [5, 5.41) is 9.49. The second-order valence-corrected chi connectivity index (χ2v) is 3.50. The molecule has 0 heterocycles. The summed E-state index contributed by atoms with van der Waals surface area (Å²) in [6.45, 7) is 1.27. The molecule has 4 nitrogen and oxygen atoms in total. The minimum Gasteiger partial charge on any atom is -0.504 e. The van der Waals surface area contributed by atoms with Gasteiger partial charge in [0.2, 0.25) is 0 Å². The summed E-state index contributed by atoms with van der Waals surface area (Å²) in [4.78, 5) is 12.4. The van der Waals surface area contributed by atoms with Gasteiger partial charge in [0.15, 0.2) is 11.5 Å². The van der Waals surface area contributed by atoms with E-state index in [1.165, 1.54) is 6.07 Å². The van der Waals surface area contributed by atoms with Gasteiger partial charge in [-0.2, -0.15) is 0 Å². The molecule has 0 atom stereocenters. The molecule has 0 aliphatic heterocycles. The van der Waals surface area contributed by atoms with E-state index in [-0.39, 0.29) is 5.75 Å². The lowest BCUT2D eigenvalue weighted by Gasteiger charge is -2.11. The standard InChI is InChI=1S/C11H15NO3/c1-12(2)5-6-15-11-4-3-9(8-13)7-10(11)14/h3-4,7-8,14H,5-6H2,1-2H3. The molecular formula is C11H15NO3. The Morgan fingerprint density at radius 3 is 2.73 bits per heavy atom. The summed E-state index contributed by atoms with van der Waals surface area (Å²) in [5.74, 6) is 0.404. The van der Waals surface area contributed by atoms with Gasteiger partial charge in [-0.1, -0.05) is 0 Å². The van der Waals surface area contributed by atoms with Gasteiger partial charge in [-0.05, 0) is 32.3 Å². The van der Waals surface area contributed by atoms with Gasteiger partial charge in [-0.3, -0.25) is 4.79 Å². The lowest BCUT2D eigenvalue weighted by molar-refractivity contribution is 0.112. The van der Waals surface area contributed by atoms with Gasteiger partial charge < -0.3 is 14.7 Å². The molecule has 1 rings (SSSR count). The lowest BCUT2D eigenvalue weighted by Crippen LogP contribution is -2.19. The molecule has 0 saturated heterocycles. The zero-order valence-corrected chi connectivity index (χ0v) is 8.93. The van der Waals surface area contributed by atoms with E-state index in [1.54, 1.807) is 12.1 Å². The van der Waals surface area contributed by atoms with E-state index in [2.05, 4.69) is 0 Å². The van der Waals surface area contributed by atoms with Crippen LogP contribution in [0.25, 0.3) is 0 Å². The van der Waals surface area contributed by atoms with Gasteiger partial charge in [0, 0.05) is 12.1 Å². The van der Waals surface area contributed by atoms with E-state index in [9.17, 15) is 9.90 Å². The van der Waals surface area contributed by atoms with Crippen LogP contribution in [0.1, 0.15) is 10.4 Å². The fraction of sp³-hybridized carbons (Fsp3) is 0.364. The number of aldehydes is 1. The Kier molecular flexibility index (Phi) is 4.12. The molecular weight excluding hydrogens is 194 g/mol. The monoisotopic (exact) mass is 209 g/mol. The number of aromatic hydroxyl groups is 1. The van der Waals surface area contributed by atoms with E-state index in [0.29, 0.717) is 24.2 Å². The van der Waals surface area contributed by atoms with Crippen molar-refractivity contribution >= 4 is 6.29 Å². The number of hydrogen-bond acceptors (Lipinski definition) is 4. The van der Waals surface area contributed by atoms with Crippen LogP contribution in [-0.2, 0) is 0 Å². The quantitative estimate of drug-likeness (QED) is 0.739. The number of carbonyl (C=O) groups excluding carboxylic acids is 1. The molecule has 0 fully saturated rings. The number of carbonyl (C=O) groups is 1. The van der Waals surface area contributed by atoms with E-state index >= 15 is 0 Å². The van der Waals surface area contributed by atoms with E-state index < -0.39 is 0 Å². The molecule has 0 bridgehead atoms. The van der Waals surface area contributed by atoms with Gasteiger partial charge in [-0.25, -0.2) is 0 Å². The average molecular weight is 209 g/mol. The predicted octanol–water partition coefficient (Wildman–Crippen LogP) is 1.15. The zero-order chi connectivity index (χ0) is 11.3. The van der Waals surface area contributed by atoms with Crippen molar-refractivity contribution in [1.82, 2.24) is 4.90 Å². The number of benzene rings is 1. The number of phenolic OH excluding ortho intramolecular Hbond substituents is 1. The van der Waals surface area contributed by atoms with Crippen LogP contribution in [-0.4, -0.2) is 43.5 Å². The summed E-state index contributed by atoms with van der Waals surface area (Å²) >= 11 is 0. The second-order valence-electron chi connectivity index (χ2n) is 3.50. The fourth-order valence-electron chi connectivity index (χ4n) is 1.07. The molecule has 0 radical (unpaired) electrons. The van der Waals surface area contributed by atoms with E-state index in [0.717, 1.165) is 6.54 Å². The Morgan fingerprint density at radius 2 is 2.20 bits per heavy atom. The average Bonchev–Trinajstić information content (AvgIpc) is 2.20. The molecule has 0 spiro atoms. The van der Waals surface area contributed by atoms with Crippen LogP contribution in [0, 0.1) is 0 Å².